The van der Waals surface area contributed by atoms with Crippen molar-refractivity contribution in [2.45, 2.75) is 0 Å². The molecule has 0 radical (unpaired) electrons. The summed E-state index contributed by atoms with van der Waals surface area (Å²) in [6.07, 6.45) is 0. The van der Waals surface area contributed by atoms with Crippen LogP contribution in [0.5, 0.6) is 0 Å². The van der Waals surface area contributed by atoms with Crippen molar-refractivity contribution in [3.8, 4) is 11.8 Å². The zero-order valence-electron chi connectivity index (χ0n) is 23.5. The smallest absolute Gasteiger partial charge is 0.0349 e. The molecule has 10 aromatic rings. The first-order valence-corrected chi connectivity index (χ1v) is 16.5. The molecule has 0 N–H and O–H groups in total. The Morgan fingerprint density at radius 2 is 0.682 bits per heavy atom. The van der Waals surface area contributed by atoms with Crippen LogP contribution in [0.1, 0.15) is 11.1 Å². The van der Waals surface area contributed by atoms with Gasteiger partial charge in [0.1, 0.15) is 0 Å². The van der Waals surface area contributed by atoms with Crippen LogP contribution < -0.4 is 0 Å². The maximum atomic E-state index is 3.57. The molecule has 0 spiro atoms. The van der Waals surface area contributed by atoms with Crippen LogP contribution in [0.25, 0.3) is 84.8 Å². The van der Waals surface area contributed by atoms with E-state index in [1.165, 1.54) is 84.8 Å². The highest BCUT2D eigenvalue weighted by atomic mass is 32.1. The van der Waals surface area contributed by atoms with Crippen LogP contribution in [0, 0.1) is 11.8 Å². The van der Waals surface area contributed by atoms with Gasteiger partial charge >= 0.3 is 0 Å². The molecule has 0 nitrogen and oxygen atoms in total. The second-order valence-corrected chi connectivity index (χ2v) is 13.6. The molecule has 0 fully saturated rings. The summed E-state index contributed by atoms with van der Waals surface area (Å²) in [6, 6.07) is 45.2. The van der Waals surface area contributed by atoms with Crippen molar-refractivity contribution in [1.29, 1.82) is 0 Å². The van der Waals surface area contributed by atoms with Gasteiger partial charge in [-0.3, -0.25) is 0 Å². The van der Waals surface area contributed by atoms with E-state index in [1.54, 1.807) is 22.7 Å². The Hall–Kier alpha value is -5.20. The summed E-state index contributed by atoms with van der Waals surface area (Å²) in [5.74, 6) is 7.13. The van der Waals surface area contributed by atoms with E-state index in [-0.39, 0.29) is 0 Å². The van der Waals surface area contributed by atoms with Crippen molar-refractivity contribution >= 4 is 107 Å². The summed E-state index contributed by atoms with van der Waals surface area (Å²) < 4.78 is 2.67. The zero-order valence-corrected chi connectivity index (χ0v) is 25.2. The molecule has 202 valence electrons. The van der Waals surface area contributed by atoms with Crippen LogP contribution in [0.2, 0.25) is 0 Å². The zero-order chi connectivity index (χ0) is 28.8. The Morgan fingerprint density at radius 3 is 1.14 bits per heavy atom. The predicted molar refractivity (Wildman–Crippen MR) is 195 cm³/mol. The second-order valence-electron chi connectivity index (χ2n) is 11.7. The van der Waals surface area contributed by atoms with E-state index in [0.29, 0.717) is 0 Å². The Bertz CT molecular complexity index is 2690. The third kappa shape index (κ3) is 3.77. The van der Waals surface area contributed by atoms with Gasteiger partial charge < -0.3 is 0 Å². The van der Waals surface area contributed by atoms with Crippen LogP contribution in [-0.4, -0.2) is 0 Å². The largest absolute Gasteiger partial charge is 0.144 e. The first-order chi connectivity index (χ1) is 21.7. The average molecular weight is 591 g/mol. The minimum atomic E-state index is 1.06. The molecule has 0 saturated carbocycles. The summed E-state index contributed by atoms with van der Waals surface area (Å²) in [5, 5.41) is 22.0. The highest BCUT2D eigenvalue weighted by molar-refractivity contribution is 7.17. The Morgan fingerprint density at radius 1 is 0.318 bits per heavy atom. The van der Waals surface area contributed by atoms with E-state index in [4.69, 9.17) is 0 Å². The van der Waals surface area contributed by atoms with Gasteiger partial charge in [0.25, 0.3) is 0 Å². The van der Waals surface area contributed by atoms with Gasteiger partial charge in [-0.15, -0.1) is 22.7 Å². The maximum absolute atomic E-state index is 3.57. The van der Waals surface area contributed by atoms with Crippen LogP contribution in [0.15, 0.2) is 132 Å². The number of rotatable bonds is 0. The van der Waals surface area contributed by atoms with Gasteiger partial charge in [0.2, 0.25) is 0 Å². The molecule has 0 atom stereocenters. The summed E-state index contributed by atoms with van der Waals surface area (Å²) >= 11 is 3.60. The van der Waals surface area contributed by atoms with E-state index < -0.39 is 0 Å². The van der Waals surface area contributed by atoms with Crippen LogP contribution >= 0.6 is 22.7 Å². The number of benzene rings is 8. The van der Waals surface area contributed by atoms with Gasteiger partial charge in [-0.2, -0.15) is 0 Å². The molecule has 2 heteroatoms. The number of fused-ring (bicyclic) bond motifs is 8. The van der Waals surface area contributed by atoms with Crippen molar-refractivity contribution in [2.75, 3.05) is 0 Å². The fourth-order valence-corrected chi connectivity index (χ4v) is 8.47. The molecule has 8 aromatic carbocycles. The lowest BCUT2D eigenvalue weighted by molar-refractivity contribution is 1.71. The second kappa shape index (κ2) is 9.15. The molecule has 0 saturated heterocycles. The third-order valence-corrected chi connectivity index (χ3v) is 10.8. The number of hydrogen-bond donors (Lipinski definition) is 0. The van der Waals surface area contributed by atoms with Crippen molar-refractivity contribution in [1.82, 2.24) is 0 Å². The molecule has 44 heavy (non-hydrogen) atoms. The minimum absolute atomic E-state index is 1.06. The van der Waals surface area contributed by atoms with Gasteiger partial charge in [0, 0.05) is 20.5 Å². The van der Waals surface area contributed by atoms with E-state index in [0.717, 1.165) is 11.1 Å². The summed E-state index contributed by atoms with van der Waals surface area (Å²) in [4.78, 5) is 0. The van der Waals surface area contributed by atoms with Crippen molar-refractivity contribution in [3.63, 3.8) is 0 Å². The molecule has 0 aliphatic heterocycles. The topological polar surface area (TPSA) is 0 Å². The third-order valence-electron chi connectivity index (χ3n) is 9.06. The Balaban J connectivity index is 1.12. The normalized spacial score (nSPS) is 11.9. The monoisotopic (exact) mass is 590 g/mol. The summed E-state index contributed by atoms with van der Waals surface area (Å²) in [5.41, 5.74) is 2.11. The molecule has 2 heterocycles. The molecule has 2 aromatic heterocycles. The lowest BCUT2D eigenvalue weighted by Crippen LogP contribution is -1.85. The lowest BCUT2D eigenvalue weighted by atomic mass is 9.96. The predicted octanol–water partition coefficient (Wildman–Crippen LogP) is 12.4. The lowest BCUT2D eigenvalue weighted by Gasteiger charge is -2.08. The standard InChI is InChI=1S/C42H22S2/c1-3-25(39-21-35-19-37-23-41-29(9-11-43-41)15-33(37)17-31(35)13-27(39)5-1)7-8-26-4-2-6-28-14-32-18-34-16-30-10-12-44-42(30)24-38(34)20-36(32)22-40(26)28/h1-6,9-24H. The highest BCUT2D eigenvalue weighted by Gasteiger charge is 2.08. The Labute approximate surface area is 261 Å². The Kier molecular flexibility index (Phi) is 5.05. The number of thiophene rings is 2. The molecule has 0 aliphatic carbocycles. The molecular weight excluding hydrogens is 569 g/mol. The fraction of sp³-hybridized carbons (Fsp3) is 0. The van der Waals surface area contributed by atoms with Gasteiger partial charge in [-0.1, -0.05) is 36.1 Å². The highest BCUT2D eigenvalue weighted by Crippen LogP contribution is 2.34. The molecule has 0 unspecified atom stereocenters. The van der Waals surface area contributed by atoms with Crippen LogP contribution in [-0.2, 0) is 0 Å². The molecule has 0 amide bonds. The van der Waals surface area contributed by atoms with Crippen LogP contribution in [0.3, 0.4) is 0 Å². The van der Waals surface area contributed by atoms with Crippen molar-refractivity contribution in [3.05, 3.63) is 143 Å². The van der Waals surface area contributed by atoms with Crippen LogP contribution in [0.4, 0.5) is 0 Å². The quantitative estimate of drug-likeness (QED) is 0.122. The van der Waals surface area contributed by atoms with Gasteiger partial charge in [-0.05, 0) is 183 Å². The first kappa shape index (κ1) is 24.3. The van der Waals surface area contributed by atoms with E-state index in [9.17, 15) is 0 Å². The first-order valence-electron chi connectivity index (χ1n) is 14.8. The minimum Gasteiger partial charge on any atom is -0.144 e. The molecule has 10 rings (SSSR count). The maximum Gasteiger partial charge on any atom is 0.0349 e. The van der Waals surface area contributed by atoms with Gasteiger partial charge in [0.15, 0.2) is 0 Å². The van der Waals surface area contributed by atoms with Crippen molar-refractivity contribution in [2.24, 2.45) is 0 Å². The van der Waals surface area contributed by atoms with E-state index in [2.05, 4.69) is 144 Å². The van der Waals surface area contributed by atoms with E-state index in [1.807, 2.05) is 0 Å². The molecule has 0 aliphatic rings. The van der Waals surface area contributed by atoms with E-state index >= 15 is 0 Å². The SMILES string of the molecule is C(#Cc1cccc2cc3cc4cc5ccsc5cc4cc3cc12)c1cccc2cc3cc4cc5ccsc5cc4cc3cc12. The number of hydrogen-bond acceptors (Lipinski definition) is 2. The summed E-state index contributed by atoms with van der Waals surface area (Å²) in [6.45, 7) is 0. The van der Waals surface area contributed by atoms with Crippen molar-refractivity contribution < 1.29 is 0 Å². The van der Waals surface area contributed by atoms with Gasteiger partial charge in [0.05, 0.1) is 0 Å². The molecule has 0 bridgehead atoms. The summed E-state index contributed by atoms with van der Waals surface area (Å²) in [7, 11) is 0. The fourth-order valence-electron chi connectivity index (χ4n) is 6.83. The molecular formula is C42H22S2. The average Bonchev–Trinajstić information content (AvgIpc) is 3.70. The van der Waals surface area contributed by atoms with Gasteiger partial charge in [-0.25, -0.2) is 0 Å².